The highest BCUT2D eigenvalue weighted by Crippen LogP contribution is 2.25. The number of nitrogens with two attached hydrogens (primary N) is 1. The van der Waals surface area contributed by atoms with E-state index in [2.05, 4.69) is 4.98 Å². The van der Waals surface area contributed by atoms with Crippen LogP contribution in [0.4, 0.5) is 10.1 Å². The van der Waals surface area contributed by atoms with Crippen LogP contribution < -0.4 is 5.73 Å². The van der Waals surface area contributed by atoms with E-state index in [1.807, 2.05) is 0 Å². The molecule has 1 aromatic rings. The summed E-state index contributed by atoms with van der Waals surface area (Å²) in [5, 5.41) is -0.519. The van der Waals surface area contributed by atoms with Gasteiger partial charge in [0, 0.05) is 4.11 Å². The third-order valence-corrected chi connectivity index (χ3v) is 2.41. The molecule has 0 fully saturated rings. The average Bonchev–Trinajstić information content (AvgIpc) is 2.06. The number of nitrogens with zero attached hydrogens (tertiary/aromatic N) is 1. The summed E-state index contributed by atoms with van der Waals surface area (Å²) in [4.78, 5) is 3.44. The number of hydrogen-bond donors (Lipinski definition) is 1. The Hall–Kier alpha value is -0.100. The molecule has 5 heteroatoms. The van der Waals surface area contributed by atoms with Crippen LogP contribution in [0.25, 0.3) is 0 Å². The second-order valence-corrected chi connectivity index (χ2v) is 3.23. The van der Waals surface area contributed by atoms with Crippen LogP contribution in [-0.2, 0) is 0 Å². The first-order valence-electron chi connectivity index (χ1n) is 4.05. The van der Waals surface area contributed by atoms with Gasteiger partial charge >= 0.3 is 0 Å². The molecule has 0 saturated carbocycles. The largest absolute Gasteiger partial charge is 0.395 e. The van der Waals surface area contributed by atoms with Gasteiger partial charge in [0.25, 0.3) is 0 Å². The minimum absolute atomic E-state index is 0.0736. The number of nitrogen functional groups attached to an aromatic ring is 1. The molecule has 0 aliphatic heterocycles. The molecule has 2 N–H and O–H groups in total. The Kier molecular flexibility index (Phi) is 1.56. The first-order chi connectivity index (χ1) is 6.25. The molecule has 1 rings (SSSR count). The van der Waals surface area contributed by atoms with E-state index in [-0.39, 0.29) is 15.0 Å². The van der Waals surface area contributed by atoms with Crippen molar-refractivity contribution in [2.75, 3.05) is 5.73 Å². The Morgan fingerprint density at radius 1 is 1.82 bits per heavy atom. The maximum atomic E-state index is 13.1. The molecule has 60 valence electrons. The highest BCUT2D eigenvalue weighted by molar-refractivity contribution is 14.1. The number of halogens is 3. The van der Waals surface area contributed by atoms with E-state index < -0.39 is 17.8 Å². The fraction of sp³-hybridized carbons (Fsp3) is 0.167. The van der Waals surface area contributed by atoms with Gasteiger partial charge in [-0.15, -0.1) is 0 Å². The first kappa shape index (κ1) is 5.53. The summed E-state index contributed by atoms with van der Waals surface area (Å²) in [7, 11) is 0. The molecule has 1 aromatic heterocycles. The summed E-state index contributed by atoms with van der Waals surface area (Å²) in [6, 6.07) is 0. The van der Waals surface area contributed by atoms with Crippen molar-refractivity contribution in [3.63, 3.8) is 0 Å². The van der Waals surface area contributed by atoms with Gasteiger partial charge in [0.15, 0.2) is 11.0 Å². The van der Waals surface area contributed by atoms with Crippen molar-refractivity contribution in [1.29, 1.82) is 0 Å². The van der Waals surface area contributed by atoms with Crippen LogP contribution in [0.2, 0.25) is 5.15 Å². The van der Waals surface area contributed by atoms with E-state index in [0.29, 0.717) is 0 Å². The zero-order valence-electron chi connectivity index (χ0n) is 8.16. The van der Waals surface area contributed by atoms with Crippen molar-refractivity contribution in [2.24, 2.45) is 0 Å². The van der Waals surface area contributed by atoms with Gasteiger partial charge in [-0.2, -0.15) is 0 Å². The van der Waals surface area contributed by atoms with Crippen molar-refractivity contribution in [2.45, 2.75) is 6.85 Å². The molecule has 0 atom stereocenters. The third-order valence-electron chi connectivity index (χ3n) is 1.07. The first-order valence-corrected chi connectivity index (χ1v) is 4.01. The van der Waals surface area contributed by atoms with E-state index in [4.69, 9.17) is 21.4 Å². The fourth-order valence-corrected chi connectivity index (χ4v) is 1.08. The molecule has 0 saturated heterocycles. The van der Waals surface area contributed by atoms with E-state index in [9.17, 15) is 4.39 Å². The summed E-state index contributed by atoms with van der Waals surface area (Å²) >= 11 is 7.00. The van der Waals surface area contributed by atoms with Gasteiger partial charge in [-0.25, -0.2) is 9.37 Å². The van der Waals surface area contributed by atoms with Crippen LogP contribution >= 0.6 is 34.2 Å². The van der Waals surface area contributed by atoms with Crippen LogP contribution in [0.1, 0.15) is 9.81 Å². The van der Waals surface area contributed by atoms with Crippen molar-refractivity contribution >= 4 is 39.9 Å². The average molecular weight is 289 g/mol. The molecule has 0 aromatic carbocycles. The zero-order chi connectivity index (χ0) is 11.1. The summed E-state index contributed by atoms with van der Waals surface area (Å²) in [5.41, 5.74) is 4.77. The smallest absolute Gasteiger partial charge is 0.184 e. The number of anilines is 1. The summed E-state index contributed by atoms with van der Waals surface area (Å²) in [5.74, 6) is -0.885. The van der Waals surface area contributed by atoms with Crippen LogP contribution in [0, 0.1) is 16.2 Å². The topological polar surface area (TPSA) is 38.9 Å². The second kappa shape index (κ2) is 3.10. The number of pyridine rings is 1. The van der Waals surface area contributed by atoms with Crippen molar-refractivity contribution in [1.82, 2.24) is 4.98 Å². The van der Waals surface area contributed by atoms with E-state index in [0.717, 1.165) is 0 Å². The molecule has 0 spiro atoms. The Bertz CT molecular complexity index is 382. The van der Waals surface area contributed by atoms with Crippen molar-refractivity contribution < 1.29 is 8.50 Å². The van der Waals surface area contributed by atoms with E-state index in [1.165, 1.54) is 0 Å². The monoisotopic (exact) mass is 289 g/mol. The predicted octanol–water partition coefficient (Wildman–Crippen LogP) is 2.37. The van der Waals surface area contributed by atoms with Gasteiger partial charge in [0.2, 0.25) is 0 Å². The molecule has 2 nitrogen and oxygen atoms in total. The summed E-state index contributed by atoms with van der Waals surface area (Å²) < 4.78 is 34.4. The molecular weight excluding hydrogens is 281 g/mol. The minimum Gasteiger partial charge on any atom is -0.395 e. The molecule has 0 unspecified atom stereocenters. The second-order valence-electron chi connectivity index (χ2n) is 1.79. The van der Waals surface area contributed by atoms with Crippen molar-refractivity contribution in [3.05, 3.63) is 20.2 Å². The number of aryl methyl sites for hydroxylation is 1. The normalized spacial score (nSPS) is 15.4. The lowest BCUT2D eigenvalue weighted by Crippen LogP contribution is -2.00. The quantitative estimate of drug-likeness (QED) is 0.588. The van der Waals surface area contributed by atoms with Gasteiger partial charge < -0.3 is 5.73 Å². The van der Waals surface area contributed by atoms with Gasteiger partial charge in [-0.3, -0.25) is 0 Å². The minimum atomic E-state index is -2.44. The van der Waals surface area contributed by atoms with Crippen LogP contribution in [0.15, 0.2) is 0 Å². The summed E-state index contributed by atoms with van der Waals surface area (Å²) in [6.45, 7) is -2.44. The van der Waals surface area contributed by atoms with Gasteiger partial charge in [0.1, 0.15) is 0 Å². The predicted molar refractivity (Wildman–Crippen MR) is 51.1 cm³/mol. The lowest BCUT2D eigenvalue weighted by molar-refractivity contribution is 0.624. The molecule has 0 radical (unpaired) electrons. The summed E-state index contributed by atoms with van der Waals surface area (Å²) in [6.07, 6.45) is 0. The highest BCUT2D eigenvalue weighted by atomic mass is 127. The maximum absolute atomic E-state index is 13.1. The third kappa shape index (κ3) is 1.56. The fourth-order valence-electron chi connectivity index (χ4n) is 0.531. The number of rotatable bonds is 0. The Labute approximate surface area is 86.3 Å². The number of hydrogen-bond acceptors (Lipinski definition) is 2. The van der Waals surface area contributed by atoms with Crippen LogP contribution in [-0.4, -0.2) is 4.98 Å². The van der Waals surface area contributed by atoms with Gasteiger partial charge in [-0.05, 0) is 29.4 Å². The standard InChI is InChI=1S/C6H5ClFIN2/c1-2-4(9)5(10)3(8)6(7)11-2/h1H3,(H2,10,11)/i1D3. The van der Waals surface area contributed by atoms with Crippen LogP contribution in [0.5, 0.6) is 0 Å². The van der Waals surface area contributed by atoms with E-state index >= 15 is 0 Å². The molecule has 0 aliphatic rings. The zero-order valence-corrected chi connectivity index (χ0v) is 8.07. The molecule has 0 bridgehead atoms. The number of aromatic nitrogens is 1. The Morgan fingerprint density at radius 3 is 3.00 bits per heavy atom. The molecule has 1 heterocycles. The van der Waals surface area contributed by atoms with Gasteiger partial charge in [-0.1, -0.05) is 11.6 Å². The molecule has 0 amide bonds. The lowest BCUT2D eigenvalue weighted by atomic mass is 10.3. The SMILES string of the molecule is [2H]C([2H])([2H])c1nc(Cl)c(F)c(N)c1I. The Balaban J connectivity index is 3.49. The highest BCUT2D eigenvalue weighted by Gasteiger charge is 2.11. The molecular formula is C6H5ClFIN2. The van der Waals surface area contributed by atoms with Gasteiger partial charge in [0.05, 0.1) is 15.0 Å². The molecule has 11 heavy (non-hydrogen) atoms. The lowest BCUT2D eigenvalue weighted by Gasteiger charge is -2.03. The van der Waals surface area contributed by atoms with E-state index in [1.54, 1.807) is 22.6 Å². The molecule has 0 aliphatic carbocycles. The van der Waals surface area contributed by atoms with Crippen molar-refractivity contribution in [3.8, 4) is 0 Å². The Morgan fingerprint density at radius 2 is 2.45 bits per heavy atom. The van der Waals surface area contributed by atoms with Crippen LogP contribution in [0.3, 0.4) is 0 Å². The maximum Gasteiger partial charge on any atom is 0.184 e.